The summed E-state index contributed by atoms with van der Waals surface area (Å²) >= 11 is 0. The molecule has 1 fully saturated rings. The van der Waals surface area contributed by atoms with Crippen LogP contribution < -0.4 is 16.2 Å². The molecule has 1 aliphatic rings. The molecule has 0 spiro atoms. The normalized spacial score (nSPS) is 17.5. The van der Waals surface area contributed by atoms with Crippen LogP contribution in [0.15, 0.2) is 48.5 Å². The first-order valence-electron chi connectivity index (χ1n) is 6.78. The van der Waals surface area contributed by atoms with Crippen molar-refractivity contribution in [2.45, 2.75) is 11.8 Å². The van der Waals surface area contributed by atoms with E-state index in [0.717, 1.165) is 23.5 Å². The van der Waals surface area contributed by atoms with E-state index in [1.54, 1.807) is 24.3 Å². The van der Waals surface area contributed by atoms with Gasteiger partial charge in [-0.2, -0.15) is 0 Å². The van der Waals surface area contributed by atoms with E-state index in [9.17, 15) is 5.11 Å². The molecule has 0 bridgehead atoms. The van der Waals surface area contributed by atoms with Gasteiger partial charge in [-0.3, -0.25) is 0 Å². The van der Waals surface area contributed by atoms with E-state index in [-0.39, 0.29) is 11.9 Å². The van der Waals surface area contributed by atoms with Gasteiger partial charge in [0.05, 0.1) is 6.61 Å². The Morgan fingerprint density at radius 3 is 2.10 bits per heavy atom. The molecule has 5 N–H and O–H groups in total. The van der Waals surface area contributed by atoms with Crippen molar-refractivity contribution in [2.24, 2.45) is 11.5 Å². The van der Waals surface area contributed by atoms with Gasteiger partial charge in [-0.1, -0.05) is 24.3 Å². The Morgan fingerprint density at radius 1 is 1.05 bits per heavy atom. The smallest absolute Gasteiger partial charge is 0.119 e. The summed E-state index contributed by atoms with van der Waals surface area (Å²) in [6, 6.07) is 13.9. The number of phenols is 1. The predicted octanol–water partition coefficient (Wildman–Crippen LogP) is 1.29. The summed E-state index contributed by atoms with van der Waals surface area (Å²) < 4.78 is 10.7. The Labute approximate surface area is 123 Å². The third-order valence-electron chi connectivity index (χ3n) is 3.52. The minimum atomic E-state index is -1.12. The standard InChI is InChI=1S/C16H18N2O3/c17-16(18,11-1-5-13(19)6-2-11)12-3-7-14(8-4-12)20-9-15-10-21-15/h1-8,15,19H,9-10,17-18H2. The van der Waals surface area contributed by atoms with Crippen molar-refractivity contribution in [3.63, 3.8) is 0 Å². The van der Waals surface area contributed by atoms with E-state index in [4.69, 9.17) is 20.9 Å². The van der Waals surface area contributed by atoms with Crippen LogP contribution in [0.25, 0.3) is 0 Å². The number of benzene rings is 2. The monoisotopic (exact) mass is 286 g/mol. The number of epoxide rings is 1. The van der Waals surface area contributed by atoms with Crippen molar-refractivity contribution in [1.82, 2.24) is 0 Å². The summed E-state index contributed by atoms with van der Waals surface area (Å²) in [6.07, 6.45) is 0.227. The van der Waals surface area contributed by atoms with Crippen molar-refractivity contribution in [2.75, 3.05) is 13.2 Å². The van der Waals surface area contributed by atoms with Crippen LogP contribution in [0.2, 0.25) is 0 Å². The van der Waals surface area contributed by atoms with E-state index < -0.39 is 5.66 Å². The van der Waals surface area contributed by atoms with Gasteiger partial charge in [0.2, 0.25) is 0 Å². The Hall–Kier alpha value is -2.08. The Balaban J connectivity index is 1.76. The molecular formula is C16H18N2O3. The maximum absolute atomic E-state index is 9.33. The molecule has 21 heavy (non-hydrogen) atoms. The van der Waals surface area contributed by atoms with Crippen molar-refractivity contribution in [3.05, 3.63) is 59.7 Å². The number of aromatic hydroxyl groups is 1. The summed E-state index contributed by atoms with van der Waals surface area (Å²) in [5.74, 6) is 0.941. The first-order chi connectivity index (χ1) is 10.1. The fourth-order valence-corrected chi connectivity index (χ4v) is 2.08. The molecule has 0 aliphatic carbocycles. The Bertz CT molecular complexity index is 604. The van der Waals surface area contributed by atoms with Crippen molar-refractivity contribution < 1.29 is 14.6 Å². The summed E-state index contributed by atoms with van der Waals surface area (Å²) in [5.41, 5.74) is 12.8. The predicted molar refractivity (Wildman–Crippen MR) is 78.9 cm³/mol. The van der Waals surface area contributed by atoms with Gasteiger partial charge in [0.15, 0.2) is 0 Å². The highest BCUT2D eigenvalue weighted by molar-refractivity contribution is 5.40. The molecule has 0 saturated carbocycles. The largest absolute Gasteiger partial charge is 0.508 e. The van der Waals surface area contributed by atoms with E-state index in [1.807, 2.05) is 24.3 Å². The lowest BCUT2D eigenvalue weighted by molar-refractivity contribution is 0.263. The zero-order valence-corrected chi connectivity index (χ0v) is 11.5. The van der Waals surface area contributed by atoms with Crippen molar-refractivity contribution >= 4 is 0 Å². The molecule has 5 nitrogen and oxygen atoms in total. The molecule has 1 atom stereocenters. The fourth-order valence-electron chi connectivity index (χ4n) is 2.08. The van der Waals surface area contributed by atoms with Crippen molar-refractivity contribution in [3.8, 4) is 11.5 Å². The Kier molecular flexibility index (Phi) is 3.55. The fraction of sp³-hybridized carbons (Fsp3) is 0.250. The van der Waals surface area contributed by atoms with Gasteiger partial charge in [0.1, 0.15) is 29.9 Å². The number of ether oxygens (including phenoxy) is 2. The van der Waals surface area contributed by atoms with Crippen LogP contribution in [-0.4, -0.2) is 24.4 Å². The zero-order valence-electron chi connectivity index (χ0n) is 11.5. The second-order valence-corrected chi connectivity index (χ2v) is 5.21. The minimum absolute atomic E-state index is 0.181. The number of hydrogen-bond donors (Lipinski definition) is 3. The molecule has 0 radical (unpaired) electrons. The van der Waals surface area contributed by atoms with Gasteiger partial charge < -0.3 is 26.0 Å². The summed E-state index contributed by atoms with van der Waals surface area (Å²) in [7, 11) is 0. The molecule has 2 aromatic rings. The van der Waals surface area contributed by atoms with Crippen LogP contribution in [-0.2, 0) is 10.4 Å². The van der Waals surface area contributed by atoms with E-state index in [1.165, 1.54) is 0 Å². The summed E-state index contributed by atoms with van der Waals surface area (Å²) in [6.45, 7) is 1.33. The molecule has 1 heterocycles. The molecule has 110 valence electrons. The van der Waals surface area contributed by atoms with Gasteiger partial charge in [0.25, 0.3) is 0 Å². The second-order valence-electron chi connectivity index (χ2n) is 5.21. The highest BCUT2D eigenvalue weighted by Crippen LogP contribution is 2.25. The zero-order chi connectivity index (χ0) is 14.9. The second kappa shape index (κ2) is 5.37. The highest BCUT2D eigenvalue weighted by atomic mass is 16.6. The molecule has 0 aromatic heterocycles. The maximum atomic E-state index is 9.33. The average molecular weight is 286 g/mol. The van der Waals surface area contributed by atoms with Crippen molar-refractivity contribution in [1.29, 1.82) is 0 Å². The van der Waals surface area contributed by atoms with Crippen LogP contribution in [0.3, 0.4) is 0 Å². The van der Waals surface area contributed by atoms with E-state index in [2.05, 4.69) is 0 Å². The molecule has 5 heteroatoms. The lowest BCUT2D eigenvalue weighted by Crippen LogP contribution is -2.47. The molecule has 2 aromatic carbocycles. The molecule has 1 unspecified atom stereocenters. The average Bonchev–Trinajstić information content (AvgIpc) is 3.30. The topological polar surface area (TPSA) is 94.0 Å². The number of phenolic OH excluding ortho intramolecular Hbond substituents is 1. The van der Waals surface area contributed by atoms with Gasteiger partial charge in [-0.05, 0) is 35.4 Å². The lowest BCUT2D eigenvalue weighted by Gasteiger charge is -2.26. The first-order valence-corrected chi connectivity index (χ1v) is 6.78. The van der Waals surface area contributed by atoms with Gasteiger partial charge in [0, 0.05) is 0 Å². The van der Waals surface area contributed by atoms with Gasteiger partial charge in [-0.15, -0.1) is 0 Å². The third-order valence-corrected chi connectivity index (χ3v) is 3.52. The van der Waals surface area contributed by atoms with Gasteiger partial charge >= 0.3 is 0 Å². The van der Waals surface area contributed by atoms with E-state index in [0.29, 0.717) is 6.61 Å². The lowest BCUT2D eigenvalue weighted by atomic mass is 9.93. The molecule has 3 rings (SSSR count). The molecular weight excluding hydrogens is 268 g/mol. The number of hydrogen-bond acceptors (Lipinski definition) is 5. The highest BCUT2D eigenvalue weighted by Gasteiger charge is 2.25. The van der Waals surface area contributed by atoms with Crippen LogP contribution >= 0.6 is 0 Å². The third kappa shape index (κ3) is 3.16. The quantitative estimate of drug-likeness (QED) is 0.569. The van der Waals surface area contributed by atoms with Crippen LogP contribution in [0.5, 0.6) is 11.5 Å². The summed E-state index contributed by atoms with van der Waals surface area (Å²) in [5, 5.41) is 9.33. The molecule has 1 aliphatic heterocycles. The maximum Gasteiger partial charge on any atom is 0.119 e. The number of nitrogens with two attached hydrogens (primary N) is 2. The Morgan fingerprint density at radius 2 is 1.57 bits per heavy atom. The van der Waals surface area contributed by atoms with Gasteiger partial charge in [-0.25, -0.2) is 0 Å². The first kappa shape index (κ1) is 13.9. The molecule has 0 amide bonds. The minimum Gasteiger partial charge on any atom is -0.508 e. The van der Waals surface area contributed by atoms with Crippen LogP contribution in [0.4, 0.5) is 0 Å². The molecule has 1 saturated heterocycles. The van der Waals surface area contributed by atoms with Crippen LogP contribution in [0.1, 0.15) is 11.1 Å². The number of rotatable bonds is 5. The van der Waals surface area contributed by atoms with Crippen LogP contribution in [0, 0.1) is 0 Å². The van der Waals surface area contributed by atoms with E-state index >= 15 is 0 Å². The SMILES string of the molecule is NC(N)(c1ccc(O)cc1)c1ccc(OCC2CO2)cc1. The summed E-state index contributed by atoms with van der Waals surface area (Å²) in [4.78, 5) is 0.